The van der Waals surface area contributed by atoms with Crippen molar-refractivity contribution in [3.63, 3.8) is 0 Å². The predicted octanol–water partition coefficient (Wildman–Crippen LogP) is 2.02. The Bertz CT molecular complexity index is 782. The monoisotopic (exact) mass is 384 g/mol. The van der Waals surface area contributed by atoms with Crippen molar-refractivity contribution in [1.82, 2.24) is 19.9 Å². The van der Waals surface area contributed by atoms with Crippen molar-refractivity contribution in [2.24, 2.45) is 0 Å². The number of hydrogen-bond acceptors (Lipinski definition) is 8. The molecule has 0 amide bonds. The Kier molecular flexibility index (Phi) is 5.19. The van der Waals surface area contributed by atoms with Gasteiger partial charge in [0.25, 0.3) is 0 Å². The van der Waals surface area contributed by atoms with Gasteiger partial charge in [-0.3, -0.25) is 0 Å². The highest BCUT2D eigenvalue weighted by Crippen LogP contribution is 2.30. The number of methoxy groups -OCH3 is 2. The van der Waals surface area contributed by atoms with Crippen molar-refractivity contribution < 1.29 is 22.6 Å². The highest BCUT2D eigenvalue weighted by Gasteiger charge is 2.34. The van der Waals surface area contributed by atoms with Crippen molar-refractivity contribution in [2.45, 2.75) is 18.6 Å². The van der Waals surface area contributed by atoms with Gasteiger partial charge in [-0.2, -0.15) is 23.1 Å². The number of nitrogens with zero attached hydrogens (tertiary/aromatic N) is 6. The van der Waals surface area contributed by atoms with Crippen molar-refractivity contribution in [3.05, 3.63) is 24.0 Å². The van der Waals surface area contributed by atoms with E-state index < -0.39 is 11.9 Å². The van der Waals surface area contributed by atoms with Gasteiger partial charge in [0.1, 0.15) is 11.5 Å². The summed E-state index contributed by atoms with van der Waals surface area (Å²) in [6.07, 6.45) is -2.67. The Morgan fingerprint density at radius 1 is 1.19 bits per heavy atom. The van der Waals surface area contributed by atoms with E-state index >= 15 is 0 Å². The lowest BCUT2D eigenvalue weighted by Crippen LogP contribution is -2.36. The number of likely N-dealkylation sites (N-methyl/N-ethyl adjacent to an activating group) is 1. The molecule has 1 aliphatic heterocycles. The number of halogens is 3. The number of alkyl halides is 3. The minimum absolute atomic E-state index is 0.0366. The molecule has 1 atom stereocenters. The van der Waals surface area contributed by atoms with Crippen LogP contribution >= 0.6 is 0 Å². The molecule has 27 heavy (non-hydrogen) atoms. The van der Waals surface area contributed by atoms with E-state index in [9.17, 15) is 13.2 Å². The van der Waals surface area contributed by atoms with Gasteiger partial charge in [0.15, 0.2) is 0 Å². The molecule has 146 valence electrons. The molecule has 0 aromatic carbocycles. The summed E-state index contributed by atoms with van der Waals surface area (Å²) in [5.41, 5.74) is -0.959. The molecule has 0 N–H and O–H groups in total. The second-order valence-corrected chi connectivity index (χ2v) is 5.99. The summed E-state index contributed by atoms with van der Waals surface area (Å²) < 4.78 is 48.9. The fourth-order valence-electron chi connectivity index (χ4n) is 2.86. The van der Waals surface area contributed by atoms with Crippen LogP contribution in [0.1, 0.15) is 12.1 Å². The smallest absolute Gasteiger partial charge is 0.433 e. The Labute approximate surface area is 154 Å². The van der Waals surface area contributed by atoms with Crippen LogP contribution in [-0.4, -0.2) is 60.3 Å². The number of hydrogen-bond donors (Lipinski definition) is 0. The van der Waals surface area contributed by atoms with E-state index in [0.717, 1.165) is 12.3 Å². The number of aromatic nitrogens is 4. The summed E-state index contributed by atoms with van der Waals surface area (Å²) in [5.74, 6) is 1.03. The van der Waals surface area contributed by atoms with Gasteiger partial charge in [0.2, 0.25) is 11.8 Å². The molecule has 0 spiro atoms. The molecule has 3 rings (SSSR count). The van der Waals surface area contributed by atoms with Crippen molar-refractivity contribution >= 4 is 11.8 Å². The van der Waals surface area contributed by atoms with Gasteiger partial charge in [0.05, 0.1) is 20.3 Å². The third kappa shape index (κ3) is 4.12. The maximum Gasteiger partial charge on any atom is 0.433 e. The number of ether oxygens (including phenoxy) is 2. The highest BCUT2D eigenvalue weighted by atomic mass is 19.4. The van der Waals surface area contributed by atoms with Gasteiger partial charge in [-0.05, 0) is 12.5 Å². The average molecular weight is 384 g/mol. The molecule has 1 saturated heterocycles. The zero-order chi connectivity index (χ0) is 19.6. The zero-order valence-electron chi connectivity index (χ0n) is 15.1. The van der Waals surface area contributed by atoms with Gasteiger partial charge in [-0.15, -0.1) is 0 Å². The van der Waals surface area contributed by atoms with E-state index in [4.69, 9.17) is 9.47 Å². The Balaban J connectivity index is 1.76. The molecular weight excluding hydrogens is 365 g/mol. The molecule has 0 bridgehead atoms. The first-order chi connectivity index (χ1) is 12.8. The molecule has 11 heteroatoms. The van der Waals surface area contributed by atoms with Crippen LogP contribution in [0, 0.1) is 0 Å². The molecular formula is C16H19F3N6O2. The summed E-state index contributed by atoms with van der Waals surface area (Å²) in [6, 6.07) is 2.66. The molecule has 0 radical (unpaired) electrons. The second-order valence-electron chi connectivity index (χ2n) is 5.99. The standard InChI is InChI=1S/C16H19F3N6O2/c1-24(14-20-6-4-11(21-14)16(17,18)19)10-5-7-25(9-10)12-8-13(26-2)23-15(22-12)27-3/h4,6,8,10H,5,7,9H2,1-3H3. The van der Waals surface area contributed by atoms with Crippen LogP contribution in [0.2, 0.25) is 0 Å². The molecule has 2 aromatic rings. The highest BCUT2D eigenvalue weighted by molar-refractivity contribution is 5.46. The molecule has 3 heterocycles. The predicted molar refractivity (Wildman–Crippen MR) is 91.2 cm³/mol. The average Bonchev–Trinajstić information content (AvgIpc) is 3.16. The first-order valence-electron chi connectivity index (χ1n) is 8.17. The van der Waals surface area contributed by atoms with Crippen molar-refractivity contribution in [3.8, 4) is 11.9 Å². The van der Waals surface area contributed by atoms with Crippen LogP contribution in [0.3, 0.4) is 0 Å². The molecule has 1 unspecified atom stereocenters. The fourth-order valence-corrected chi connectivity index (χ4v) is 2.86. The van der Waals surface area contributed by atoms with Crippen LogP contribution in [0.4, 0.5) is 24.9 Å². The summed E-state index contributed by atoms with van der Waals surface area (Å²) in [6.45, 7) is 1.21. The topological polar surface area (TPSA) is 76.5 Å². The molecule has 8 nitrogen and oxygen atoms in total. The van der Waals surface area contributed by atoms with E-state index in [1.807, 2.05) is 4.90 Å². The number of rotatable bonds is 5. The molecule has 0 aliphatic carbocycles. The first-order valence-corrected chi connectivity index (χ1v) is 8.17. The van der Waals surface area contributed by atoms with E-state index in [2.05, 4.69) is 19.9 Å². The largest absolute Gasteiger partial charge is 0.481 e. The minimum Gasteiger partial charge on any atom is -0.481 e. The SMILES string of the molecule is COc1cc(N2CCC(N(C)c3nccc(C(F)(F)F)n3)C2)nc(OC)n1. The minimum atomic E-state index is -4.51. The summed E-state index contributed by atoms with van der Waals surface area (Å²) in [7, 11) is 4.64. The van der Waals surface area contributed by atoms with Gasteiger partial charge in [-0.25, -0.2) is 9.97 Å². The fraction of sp³-hybridized carbons (Fsp3) is 0.500. The van der Waals surface area contributed by atoms with E-state index in [1.165, 1.54) is 14.2 Å². The van der Waals surface area contributed by atoms with Crippen LogP contribution in [0.25, 0.3) is 0 Å². The lowest BCUT2D eigenvalue weighted by atomic mass is 10.2. The van der Waals surface area contributed by atoms with Gasteiger partial charge in [0, 0.05) is 32.4 Å². The Morgan fingerprint density at radius 3 is 2.63 bits per heavy atom. The second kappa shape index (κ2) is 7.41. The molecule has 1 aliphatic rings. The van der Waals surface area contributed by atoms with Gasteiger partial charge < -0.3 is 19.3 Å². The number of anilines is 2. The summed E-state index contributed by atoms with van der Waals surface area (Å²) in [5, 5.41) is 0. The van der Waals surface area contributed by atoms with Crippen LogP contribution in [0.5, 0.6) is 11.9 Å². The quantitative estimate of drug-likeness (QED) is 0.775. The normalized spacial score (nSPS) is 17.1. The van der Waals surface area contributed by atoms with Crippen LogP contribution in [0.15, 0.2) is 18.3 Å². The van der Waals surface area contributed by atoms with E-state index in [0.29, 0.717) is 31.2 Å². The molecule has 1 fully saturated rings. The maximum absolute atomic E-state index is 12.9. The third-order valence-electron chi connectivity index (χ3n) is 4.34. The lowest BCUT2D eigenvalue weighted by Gasteiger charge is -2.25. The van der Waals surface area contributed by atoms with E-state index in [1.54, 1.807) is 18.0 Å². The third-order valence-corrected chi connectivity index (χ3v) is 4.34. The first kappa shape index (κ1) is 18.9. The summed E-state index contributed by atoms with van der Waals surface area (Å²) in [4.78, 5) is 19.6. The Morgan fingerprint density at radius 2 is 1.96 bits per heavy atom. The van der Waals surface area contributed by atoms with Gasteiger partial charge >= 0.3 is 12.2 Å². The lowest BCUT2D eigenvalue weighted by molar-refractivity contribution is -0.141. The van der Waals surface area contributed by atoms with Crippen LogP contribution < -0.4 is 19.3 Å². The van der Waals surface area contributed by atoms with Crippen molar-refractivity contribution in [2.75, 3.05) is 44.2 Å². The summed E-state index contributed by atoms with van der Waals surface area (Å²) >= 11 is 0. The van der Waals surface area contributed by atoms with Crippen molar-refractivity contribution in [1.29, 1.82) is 0 Å². The van der Waals surface area contributed by atoms with Crippen LogP contribution in [-0.2, 0) is 6.18 Å². The molecule has 2 aromatic heterocycles. The molecule has 0 saturated carbocycles. The zero-order valence-corrected chi connectivity index (χ0v) is 15.1. The Hall–Kier alpha value is -2.85. The van der Waals surface area contributed by atoms with Gasteiger partial charge in [-0.1, -0.05) is 0 Å². The maximum atomic E-state index is 12.9. The van der Waals surface area contributed by atoms with E-state index in [-0.39, 0.29) is 18.0 Å².